The summed E-state index contributed by atoms with van der Waals surface area (Å²) in [4.78, 5) is 37.7. The average molecular weight is 331 g/mol. The number of Topliss-reactive ketones (excluding diaryl/α,β-unsaturated/α-hetero) is 2. The lowest BCUT2D eigenvalue weighted by molar-refractivity contribution is 0.100. The SMILES string of the molecule is CC(=O)c1ccc(-c2c[nH]c(=O)c(-c3ccc(C(C)=O)cc3)c2)cc1. The van der Waals surface area contributed by atoms with Crippen molar-refractivity contribution in [1.29, 1.82) is 0 Å². The highest BCUT2D eigenvalue weighted by Crippen LogP contribution is 2.24. The van der Waals surface area contributed by atoms with Gasteiger partial charge in [0, 0.05) is 22.9 Å². The van der Waals surface area contributed by atoms with Gasteiger partial charge in [-0.15, -0.1) is 0 Å². The van der Waals surface area contributed by atoms with Gasteiger partial charge in [0.15, 0.2) is 11.6 Å². The maximum atomic E-state index is 12.2. The summed E-state index contributed by atoms with van der Waals surface area (Å²) in [6, 6.07) is 16.0. The minimum atomic E-state index is -0.195. The number of carbonyl (C=O) groups is 2. The number of carbonyl (C=O) groups excluding carboxylic acids is 2. The van der Waals surface area contributed by atoms with Crippen LogP contribution in [0, 0.1) is 0 Å². The molecule has 0 amide bonds. The number of hydrogen-bond donors (Lipinski definition) is 1. The lowest BCUT2D eigenvalue weighted by Gasteiger charge is -2.07. The molecule has 0 aliphatic carbocycles. The topological polar surface area (TPSA) is 67.0 Å². The smallest absolute Gasteiger partial charge is 0.255 e. The Labute approximate surface area is 145 Å². The molecule has 1 N–H and O–H groups in total. The molecule has 0 fully saturated rings. The van der Waals surface area contributed by atoms with Crippen molar-refractivity contribution >= 4 is 11.6 Å². The third-order valence-corrected chi connectivity index (χ3v) is 4.13. The predicted octanol–water partition coefficient (Wildman–Crippen LogP) is 4.11. The normalized spacial score (nSPS) is 10.5. The van der Waals surface area contributed by atoms with E-state index in [1.807, 2.05) is 18.2 Å². The van der Waals surface area contributed by atoms with E-state index in [1.165, 1.54) is 13.8 Å². The number of benzene rings is 2. The molecule has 3 rings (SSSR count). The van der Waals surface area contributed by atoms with Gasteiger partial charge in [-0.05, 0) is 36.6 Å². The molecule has 0 aliphatic rings. The summed E-state index contributed by atoms with van der Waals surface area (Å²) in [7, 11) is 0. The molecule has 0 bridgehead atoms. The Morgan fingerprint density at radius 3 is 1.68 bits per heavy atom. The summed E-state index contributed by atoms with van der Waals surface area (Å²) in [6.45, 7) is 3.03. The molecular formula is C21H17NO3. The van der Waals surface area contributed by atoms with Crippen LogP contribution in [-0.2, 0) is 0 Å². The second kappa shape index (κ2) is 6.69. The van der Waals surface area contributed by atoms with Gasteiger partial charge < -0.3 is 4.98 Å². The van der Waals surface area contributed by atoms with Crippen LogP contribution >= 0.6 is 0 Å². The van der Waals surface area contributed by atoms with Crippen LogP contribution in [-0.4, -0.2) is 16.6 Å². The molecule has 25 heavy (non-hydrogen) atoms. The Hall–Kier alpha value is -3.27. The standard InChI is InChI=1S/C21H17NO3/c1-13(23)15-3-7-17(8-4-15)19-11-20(21(25)22-12-19)18-9-5-16(6-10-18)14(2)24/h3-12H,1-2H3,(H,22,25). The van der Waals surface area contributed by atoms with Crippen LogP contribution in [0.25, 0.3) is 22.3 Å². The Morgan fingerprint density at radius 1 is 0.720 bits per heavy atom. The van der Waals surface area contributed by atoms with Crippen molar-refractivity contribution in [2.45, 2.75) is 13.8 Å². The van der Waals surface area contributed by atoms with E-state index >= 15 is 0 Å². The van der Waals surface area contributed by atoms with E-state index in [-0.39, 0.29) is 17.1 Å². The summed E-state index contributed by atoms with van der Waals surface area (Å²) >= 11 is 0. The number of pyridine rings is 1. The zero-order chi connectivity index (χ0) is 18.0. The first-order valence-electron chi connectivity index (χ1n) is 7.91. The molecule has 0 saturated carbocycles. The lowest BCUT2D eigenvalue weighted by Crippen LogP contribution is -2.08. The molecule has 0 radical (unpaired) electrons. The summed E-state index contributed by atoms with van der Waals surface area (Å²) in [5.74, 6) is -0.000889. The van der Waals surface area contributed by atoms with Crippen LogP contribution in [0.2, 0.25) is 0 Å². The van der Waals surface area contributed by atoms with Gasteiger partial charge in [0.1, 0.15) is 0 Å². The molecule has 0 unspecified atom stereocenters. The molecular weight excluding hydrogens is 314 g/mol. The van der Waals surface area contributed by atoms with Crippen molar-refractivity contribution in [3.05, 3.63) is 82.3 Å². The van der Waals surface area contributed by atoms with E-state index in [0.29, 0.717) is 16.7 Å². The van der Waals surface area contributed by atoms with E-state index in [4.69, 9.17) is 0 Å². The zero-order valence-corrected chi connectivity index (χ0v) is 14.0. The largest absolute Gasteiger partial charge is 0.328 e. The fraction of sp³-hybridized carbons (Fsp3) is 0.0952. The molecule has 3 aromatic rings. The molecule has 4 heteroatoms. The van der Waals surface area contributed by atoms with Gasteiger partial charge in [-0.1, -0.05) is 48.5 Å². The number of ketones is 2. The van der Waals surface area contributed by atoms with Crippen molar-refractivity contribution in [2.75, 3.05) is 0 Å². The Morgan fingerprint density at radius 2 is 1.20 bits per heavy atom. The first-order valence-corrected chi connectivity index (χ1v) is 7.91. The highest BCUT2D eigenvalue weighted by Gasteiger charge is 2.08. The summed E-state index contributed by atoms with van der Waals surface area (Å²) in [5, 5.41) is 0. The minimum absolute atomic E-state index is 0.0132. The van der Waals surface area contributed by atoms with Crippen molar-refractivity contribution in [1.82, 2.24) is 4.98 Å². The third-order valence-electron chi connectivity index (χ3n) is 4.13. The first-order chi connectivity index (χ1) is 12.0. The number of nitrogens with one attached hydrogen (secondary N) is 1. The monoisotopic (exact) mass is 331 g/mol. The third kappa shape index (κ3) is 3.48. The van der Waals surface area contributed by atoms with E-state index in [0.717, 1.165) is 16.7 Å². The van der Waals surface area contributed by atoms with E-state index < -0.39 is 0 Å². The number of hydrogen-bond acceptors (Lipinski definition) is 3. The average Bonchev–Trinajstić information content (AvgIpc) is 2.62. The van der Waals surface area contributed by atoms with Crippen molar-refractivity contribution in [2.24, 2.45) is 0 Å². The molecule has 1 heterocycles. The molecule has 1 aromatic heterocycles. The summed E-state index contributed by atoms with van der Waals surface area (Å²) in [5.41, 5.74) is 4.09. The highest BCUT2D eigenvalue weighted by atomic mass is 16.1. The summed E-state index contributed by atoms with van der Waals surface area (Å²) < 4.78 is 0. The number of aromatic amines is 1. The van der Waals surface area contributed by atoms with Crippen LogP contribution in [0.3, 0.4) is 0 Å². The minimum Gasteiger partial charge on any atom is -0.328 e. The molecule has 0 spiro atoms. The molecule has 0 atom stereocenters. The first kappa shape index (κ1) is 16.6. The molecule has 2 aromatic carbocycles. The quantitative estimate of drug-likeness (QED) is 0.731. The predicted molar refractivity (Wildman–Crippen MR) is 97.9 cm³/mol. The molecule has 0 saturated heterocycles. The number of H-pyrrole nitrogens is 1. The maximum absolute atomic E-state index is 12.2. The van der Waals surface area contributed by atoms with Gasteiger partial charge in [0.25, 0.3) is 5.56 Å². The van der Waals surface area contributed by atoms with Gasteiger partial charge in [-0.3, -0.25) is 14.4 Å². The van der Waals surface area contributed by atoms with Crippen LogP contribution in [0.15, 0.2) is 65.6 Å². The fourth-order valence-electron chi connectivity index (χ4n) is 2.65. The van der Waals surface area contributed by atoms with Gasteiger partial charge in [0.05, 0.1) is 0 Å². The molecule has 0 aliphatic heterocycles. The zero-order valence-electron chi connectivity index (χ0n) is 14.0. The van der Waals surface area contributed by atoms with Crippen LogP contribution in [0.5, 0.6) is 0 Å². The Balaban J connectivity index is 2.02. The van der Waals surface area contributed by atoms with Crippen LogP contribution in [0.1, 0.15) is 34.6 Å². The molecule has 124 valence electrons. The van der Waals surface area contributed by atoms with Gasteiger partial charge in [-0.2, -0.15) is 0 Å². The van der Waals surface area contributed by atoms with E-state index in [1.54, 1.807) is 42.6 Å². The second-order valence-electron chi connectivity index (χ2n) is 5.90. The summed E-state index contributed by atoms with van der Waals surface area (Å²) in [6.07, 6.45) is 1.65. The van der Waals surface area contributed by atoms with Gasteiger partial charge in [-0.25, -0.2) is 0 Å². The maximum Gasteiger partial charge on any atom is 0.255 e. The van der Waals surface area contributed by atoms with Gasteiger partial charge in [0.2, 0.25) is 0 Å². The second-order valence-corrected chi connectivity index (χ2v) is 5.90. The van der Waals surface area contributed by atoms with E-state index in [9.17, 15) is 14.4 Å². The fourth-order valence-corrected chi connectivity index (χ4v) is 2.65. The lowest BCUT2D eigenvalue weighted by atomic mass is 9.99. The van der Waals surface area contributed by atoms with Crippen molar-refractivity contribution in [3.8, 4) is 22.3 Å². The molecule has 4 nitrogen and oxygen atoms in total. The van der Waals surface area contributed by atoms with E-state index in [2.05, 4.69) is 4.98 Å². The van der Waals surface area contributed by atoms with Crippen molar-refractivity contribution < 1.29 is 9.59 Å². The van der Waals surface area contributed by atoms with Crippen molar-refractivity contribution in [3.63, 3.8) is 0 Å². The van der Waals surface area contributed by atoms with Crippen LogP contribution < -0.4 is 5.56 Å². The van der Waals surface area contributed by atoms with Gasteiger partial charge >= 0.3 is 0 Å². The van der Waals surface area contributed by atoms with Crippen LogP contribution in [0.4, 0.5) is 0 Å². The number of rotatable bonds is 4. The Kier molecular flexibility index (Phi) is 4.44. The Bertz CT molecular complexity index is 997. The number of aromatic nitrogens is 1. The highest BCUT2D eigenvalue weighted by molar-refractivity contribution is 5.95.